The summed E-state index contributed by atoms with van der Waals surface area (Å²) in [5.41, 5.74) is 0.770. The molecule has 0 aromatic heterocycles. The van der Waals surface area contributed by atoms with Crippen molar-refractivity contribution in [2.24, 2.45) is 5.92 Å². The number of benzene rings is 1. The maximum atomic E-state index is 13.6. The molecule has 2 fully saturated rings. The van der Waals surface area contributed by atoms with E-state index in [0.29, 0.717) is 5.92 Å². The summed E-state index contributed by atoms with van der Waals surface area (Å²) >= 11 is 0. The predicted molar refractivity (Wildman–Crippen MR) is 87.1 cm³/mol. The van der Waals surface area contributed by atoms with Gasteiger partial charge in [0.05, 0.1) is 0 Å². The number of para-hydroxylation sites is 1. The van der Waals surface area contributed by atoms with Crippen molar-refractivity contribution in [2.45, 2.75) is 25.3 Å². The lowest BCUT2D eigenvalue weighted by Crippen LogP contribution is -2.47. The number of hydrogen-bond acceptors (Lipinski definition) is 3. The van der Waals surface area contributed by atoms with Crippen LogP contribution in [0.1, 0.15) is 30.9 Å². The van der Waals surface area contributed by atoms with Crippen LogP contribution in [0.15, 0.2) is 18.2 Å². The number of nitrogens with one attached hydrogen (secondary N) is 1. The van der Waals surface area contributed by atoms with Crippen molar-refractivity contribution >= 4 is 24.8 Å². The molecule has 120 valence electrons. The van der Waals surface area contributed by atoms with E-state index in [9.17, 15) is 9.50 Å². The highest BCUT2D eigenvalue weighted by atomic mass is 35.5. The van der Waals surface area contributed by atoms with Crippen LogP contribution in [0.25, 0.3) is 0 Å². The fraction of sp³-hybridized carbons (Fsp3) is 0.600. The molecule has 0 amide bonds. The molecule has 1 saturated heterocycles. The molecule has 1 aromatic rings. The second-order valence-corrected chi connectivity index (χ2v) is 5.60. The van der Waals surface area contributed by atoms with Gasteiger partial charge in [-0.15, -0.1) is 24.8 Å². The lowest BCUT2D eigenvalue weighted by molar-refractivity contribution is 0.0815. The van der Waals surface area contributed by atoms with Crippen molar-refractivity contribution in [3.8, 4) is 5.75 Å². The molecule has 21 heavy (non-hydrogen) atoms. The molecular formula is C15H23Cl2FN2O. The van der Waals surface area contributed by atoms with E-state index in [1.165, 1.54) is 25.3 Å². The van der Waals surface area contributed by atoms with E-state index in [2.05, 4.69) is 10.2 Å². The van der Waals surface area contributed by atoms with Crippen LogP contribution < -0.4 is 5.32 Å². The summed E-state index contributed by atoms with van der Waals surface area (Å²) in [6, 6.07) is 5.09. The Balaban J connectivity index is 0.00000110. The van der Waals surface area contributed by atoms with Crippen LogP contribution in [0.4, 0.5) is 4.39 Å². The van der Waals surface area contributed by atoms with Gasteiger partial charge in [0.1, 0.15) is 0 Å². The van der Waals surface area contributed by atoms with Gasteiger partial charge < -0.3 is 10.4 Å². The highest BCUT2D eigenvalue weighted by molar-refractivity contribution is 5.85. The third-order valence-electron chi connectivity index (χ3n) is 4.48. The highest BCUT2D eigenvalue weighted by Gasteiger charge is 2.35. The Bertz CT molecular complexity index is 451. The molecule has 1 aliphatic carbocycles. The van der Waals surface area contributed by atoms with Crippen LogP contribution in [0, 0.1) is 11.7 Å². The molecule has 1 aliphatic heterocycles. The quantitative estimate of drug-likeness (QED) is 0.890. The molecule has 6 heteroatoms. The third-order valence-corrected chi connectivity index (χ3v) is 4.48. The van der Waals surface area contributed by atoms with Crippen LogP contribution in [0.5, 0.6) is 5.75 Å². The van der Waals surface area contributed by atoms with Crippen LogP contribution in [0.2, 0.25) is 0 Å². The lowest BCUT2D eigenvalue weighted by Gasteiger charge is -2.43. The van der Waals surface area contributed by atoms with Gasteiger partial charge in [0.2, 0.25) is 0 Å². The first-order valence-corrected chi connectivity index (χ1v) is 7.19. The third kappa shape index (κ3) is 3.81. The average molecular weight is 337 g/mol. The number of halogens is 3. The Morgan fingerprint density at radius 3 is 2.43 bits per heavy atom. The van der Waals surface area contributed by atoms with Crippen molar-refractivity contribution in [3.63, 3.8) is 0 Å². The van der Waals surface area contributed by atoms with Gasteiger partial charge in [0, 0.05) is 37.8 Å². The summed E-state index contributed by atoms with van der Waals surface area (Å²) in [5, 5.41) is 13.4. The SMILES string of the molecule is Cl.Cl.Oc1c(F)cccc1[C@@H](C1CCC1)N1CCNCC1. The molecule has 0 unspecified atom stereocenters. The predicted octanol–water partition coefficient (Wildman–Crippen LogP) is 3.12. The minimum atomic E-state index is -0.503. The van der Waals surface area contributed by atoms with E-state index in [4.69, 9.17) is 0 Å². The first kappa shape index (κ1) is 18.5. The largest absolute Gasteiger partial charge is 0.505 e. The molecule has 3 nitrogen and oxygen atoms in total. The molecule has 0 bridgehead atoms. The maximum absolute atomic E-state index is 13.6. The van der Waals surface area contributed by atoms with Crippen molar-refractivity contribution in [1.82, 2.24) is 10.2 Å². The molecule has 1 saturated carbocycles. The lowest BCUT2D eigenvalue weighted by atomic mass is 9.76. The number of nitrogens with zero attached hydrogens (tertiary/aromatic N) is 1. The Labute approximate surface area is 137 Å². The summed E-state index contributed by atoms with van der Waals surface area (Å²) in [6.45, 7) is 3.88. The normalized spacial score (nSPS) is 20.8. The Morgan fingerprint density at radius 1 is 1.19 bits per heavy atom. The standard InChI is InChI=1S/C15H21FN2O.2ClH/c16-13-6-2-5-12(15(13)19)14(11-3-1-4-11)18-9-7-17-8-10-18;;/h2,5-6,11,14,17,19H,1,3-4,7-10H2;2*1H/t14-;;/m1../s1. The topological polar surface area (TPSA) is 35.5 Å². The second kappa shape index (κ2) is 8.18. The number of phenols is 1. The molecule has 2 N–H and O–H groups in total. The number of piperazine rings is 1. The van der Waals surface area contributed by atoms with Gasteiger partial charge in [-0.3, -0.25) is 4.90 Å². The Kier molecular flexibility index (Phi) is 7.21. The van der Waals surface area contributed by atoms with E-state index in [-0.39, 0.29) is 36.6 Å². The zero-order valence-corrected chi connectivity index (χ0v) is 13.6. The molecule has 2 aliphatic rings. The monoisotopic (exact) mass is 336 g/mol. The maximum Gasteiger partial charge on any atom is 0.165 e. The van der Waals surface area contributed by atoms with Gasteiger partial charge in [-0.1, -0.05) is 18.6 Å². The minimum Gasteiger partial charge on any atom is -0.505 e. The van der Waals surface area contributed by atoms with Gasteiger partial charge >= 0.3 is 0 Å². The van der Waals surface area contributed by atoms with Crippen molar-refractivity contribution in [3.05, 3.63) is 29.6 Å². The Morgan fingerprint density at radius 2 is 1.86 bits per heavy atom. The molecule has 3 rings (SSSR count). The number of rotatable bonds is 3. The van der Waals surface area contributed by atoms with Crippen molar-refractivity contribution in [2.75, 3.05) is 26.2 Å². The molecule has 0 spiro atoms. The van der Waals surface area contributed by atoms with Gasteiger partial charge in [-0.05, 0) is 24.8 Å². The summed E-state index contributed by atoms with van der Waals surface area (Å²) in [7, 11) is 0. The van der Waals surface area contributed by atoms with Gasteiger partial charge in [-0.25, -0.2) is 4.39 Å². The van der Waals surface area contributed by atoms with Gasteiger partial charge in [-0.2, -0.15) is 0 Å². The number of aromatic hydroxyl groups is 1. The summed E-state index contributed by atoms with van der Waals surface area (Å²) in [4.78, 5) is 2.40. The summed E-state index contributed by atoms with van der Waals surface area (Å²) < 4.78 is 13.6. The average Bonchev–Trinajstić information content (AvgIpc) is 2.38. The van der Waals surface area contributed by atoms with Crippen molar-refractivity contribution in [1.29, 1.82) is 0 Å². The van der Waals surface area contributed by atoms with Crippen LogP contribution in [0.3, 0.4) is 0 Å². The second-order valence-electron chi connectivity index (χ2n) is 5.60. The van der Waals surface area contributed by atoms with E-state index < -0.39 is 5.82 Å². The molecule has 0 radical (unpaired) electrons. The van der Waals surface area contributed by atoms with Crippen LogP contribution in [-0.2, 0) is 0 Å². The first-order valence-electron chi connectivity index (χ1n) is 7.19. The highest BCUT2D eigenvalue weighted by Crippen LogP contribution is 2.44. The van der Waals surface area contributed by atoms with E-state index in [0.717, 1.165) is 31.7 Å². The van der Waals surface area contributed by atoms with Crippen LogP contribution >= 0.6 is 24.8 Å². The molecule has 1 aromatic carbocycles. The number of hydrogen-bond donors (Lipinski definition) is 2. The molecule has 1 atom stereocenters. The first-order chi connectivity index (χ1) is 9.27. The molecule has 1 heterocycles. The minimum absolute atomic E-state index is 0. The zero-order chi connectivity index (χ0) is 13.2. The summed E-state index contributed by atoms with van der Waals surface area (Å²) in [5.74, 6) is -0.0966. The smallest absolute Gasteiger partial charge is 0.165 e. The van der Waals surface area contributed by atoms with E-state index in [1.807, 2.05) is 6.07 Å². The van der Waals surface area contributed by atoms with Gasteiger partial charge in [0.25, 0.3) is 0 Å². The van der Waals surface area contributed by atoms with E-state index in [1.54, 1.807) is 6.07 Å². The van der Waals surface area contributed by atoms with Crippen LogP contribution in [-0.4, -0.2) is 36.2 Å². The summed E-state index contributed by atoms with van der Waals surface area (Å²) in [6.07, 6.45) is 3.62. The zero-order valence-electron chi connectivity index (χ0n) is 11.9. The molecular weight excluding hydrogens is 314 g/mol. The van der Waals surface area contributed by atoms with E-state index >= 15 is 0 Å². The van der Waals surface area contributed by atoms with Crippen molar-refractivity contribution < 1.29 is 9.50 Å². The fourth-order valence-corrected chi connectivity index (χ4v) is 3.24. The fourth-order valence-electron chi connectivity index (χ4n) is 3.24. The number of phenolic OH excluding ortho intramolecular Hbond substituents is 1. The van der Waals surface area contributed by atoms with Gasteiger partial charge in [0.15, 0.2) is 11.6 Å². The Hall–Kier alpha value is -0.550.